The van der Waals surface area contributed by atoms with Gasteiger partial charge in [0.2, 0.25) is 0 Å². The Labute approximate surface area is 157 Å². The lowest BCUT2D eigenvalue weighted by molar-refractivity contribution is 0.165. The molecule has 1 saturated heterocycles. The van der Waals surface area contributed by atoms with E-state index in [4.69, 9.17) is 17.3 Å². The molecule has 1 aliphatic heterocycles. The van der Waals surface area contributed by atoms with Crippen molar-refractivity contribution in [2.75, 3.05) is 18.4 Å². The van der Waals surface area contributed by atoms with Gasteiger partial charge in [0.25, 0.3) is 0 Å². The van der Waals surface area contributed by atoms with Crippen LogP contribution in [-0.4, -0.2) is 38.5 Å². The molecule has 0 unspecified atom stereocenters. The number of benzene rings is 1. The van der Waals surface area contributed by atoms with Crippen LogP contribution in [-0.2, 0) is 6.54 Å². The van der Waals surface area contributed by atoms with Gasteiger partial charge in [0.05, 0.1) is 5.39 Å². The third kappa shape index (κ3) is 3.67. The summed E-state index contributed by atoms with van der Waals surface area (Å²) in [5.74, 6) is 0.800. The summed E-state index contributed by atoms with van der Waals surface area (Å²) in [5.41, 5.74) is 9.19. The van der Waals surface area contributed by atoms with Crippen LogP contribution in [0.15, 0.2) is 36.8 Å². The Balaban J connectivity index is 1.59. The van der Waals surface area contributed by atoms with E-state index < -0.39 is 0 Å². The fraction of sp³-hybridized carbons (Fsp3) is 0.368. The van der Waals surface area contributed by atoms with Crippen molar-refractivity contribution in [3.8, 4) is 0 Å². The van der Waals surface area contributed by atoms with E-state index in [-0.39, 0.29) is 5.54 Å². The Hall–Kier alpha value is -2.15. The number of aromatic amines is 1. The van der Waals surface area contributed by atoms with Crippen LogP contribution in [0.4, 0.5) is 11.5 Å². The first kappa shape index (κ1) is 17.3. The second kappa shape index (κ2) is 6.87. The highest BCUT2D eigenvalue weighted by Gasteiger charge is 2.26. The zero-order valence-electron chi connectivity index (χ0n) is 14.8. The topological polar surface area (TPSA) is 82.9 Å². The van der Waals surface area contributed by atoms with Gasteiger partial charge in [-0.2, -0.15) is 0 Å². The highest BCUT2D eigenvalue weighted by molar-refractivity contribution is 6.30. The number of hydrogen-bond donors (Lipinski definition) is 3. The Morgan fingerprint density at radius 1 is 1.23 bits per heavy atom. The predicted molar refractivity (Wildman–Crippen MR) is 106 cm³/mol. The van der Waals surface area contributed by atoms with Crippen LogP contribution < -0.4 is 11.1 Å². The van der Waals surface area contributed by atoms with E-state index in [0.29, 0.717) is 5.02 Å². The van der Waals surface area contributed by atoms with Crippen LogP contribution in [0.2, 0.25) is 5.02 Å². The summed E-state index contributed by atoms with van der Waals surface area (Å²) in [6.07, 6.45) is 5.63. The highest BCUT2D eigenvalue weighted by atomic mass is 35.5. The monoisotopic (exact) mass is 370 g/mol. The second-order valence-electron chi connectivity index (χ2n) is 7.32. The van der Waals surface area contributed by atoms with Gasteiger partial charge >= 0.3 is 0 Å². The van der Waals surface area contributed by atoms with Crippen molar-refractivity contribution in [2.45, 2.75) is 31.8 Å². The Kier molecular flexibility index (Phi) is 4.56. The summed E-state index contributed by atoms with van der Waals surface area (Å²) in [5, 5.41) is 5.12. The van der Waals surface area contributed by atoms with E-state index in [0.717, 1.165) is 55.0 Å². The number of aromatic nitrogens is 3. The zero-order chi connectivity index (χ0) is 18.1. The van der Waals surface area contributed by atoms with Gasteiger partial charge in [0.1, 0.15) is 17.8 Å². The number of nitrogens with one attached hydrogen (secondary N) is 2. The molecule has 26 heavy (non-hydrogen) atoms. The smallest absolute Gasteiger partial charge is 0.143 e. The van der Waals surface area contributed by atoms with Gasteiger partial charge in [-0.1, -0.05) is 11.6 Å². The van der Waals surface area contributed by atoms with E-state index in [9.17, 15) is 0 Å². The largest absolute Gasteiger partial charge is 0.346 e. The number of nitrogens with two attached hydrogens (primary N) is 1. The van der Waals surface area contributed by atoms with Crippen LogP contribution in [0.3, 0.4) is 0 Å². The molecule has 1 aromatic carbocycles. The molecule has 1 fully saturated rings. The maximum Gasteiger partial charge on any atom is 0.143 e. The Morgan fingerprint density at radius 3 is 2.69 bits per heavy atom. The van der Waals surface area contributed by atoms with Gasteiger partial charge in [-0.15, -0.1) is 0 Å². The zero-order valence-corrected chi connectivity index (χ0v) is 15.6. The van der Waals surface area contributed by atoms with Crippen molar-refractivity contribution >= 4 is 34.1 Å². The lowest BCUT2D eigenvalue weighted by atomic mass is 9.91. The molecule has 6 nitrogen and oxygen atoms in total. The fourth-order valence-corrected chi connectivity index (χ4v) is 3.51. The molecule has 1 aliphatic rings. The molecule has 2 aromatic heterocycles. The first-order valence-electron chi connectivity index (χ1n) is 8.85. The van der Waals surface area contributed by atoms with Gasteiger partial charge in [0.15, 0.2) is 0 Å². The SMILES string of the molecule is CC1(N)CCN(Cc2c[nH]c3ncnc(Nc4ccc(Cl)cc4)c23)CC1. The molecule has 136 valence electrons. The van der Waals surface area contributed by atoms with Crippen molar-refractivity contribution in [1.82, 2.24) is 19.9 Å². The number of likely N-dealkylation sites (tertiary alicyclic amines) is 1. The summed E-state index contributed by atoms with van der Waals surface area (Å²) in [6.45, 7) is 5.01. The maximum atomic E-state index is 6.25. The molecule has 0 saturated carbocycles. The highest BCUT2D eigenvalue weighted by Crippen LogP contribution is 2.29. The first-order valence-corrected chi connectivity index (χ1v) is 9.23. The normalized spacial score (nSPS) is 17.5. The van der Waals surface area contributed by atoms with Gasteiger partial charge in [-0.3, -0.25) is 4.90 Å². The van der Waals surface area contributed by atoms with Crippen LogP contribution in [0.25, 0.3) is 11.0 Å². The number of nitrogens with zero attached hydrogens (tertiary/aromatic N) is 3. The molecule has 0 radical (unpaired) electrons. The average Bonchev–Trinajstić information content (AvgIpc) is 3.03. The van der Waals surface area contributed by atoms with Crippen LogP contribution in [0.5, 0.6) is 0 Å². The molecule has 3 aromatic rings. The quantitative estimate of drug-likeness (QED) is 0.652. The van der Waals surface area contributed by atoms with Gasteiger partial charge in [-0.05, 0) is 49.6 Å². The number of halogens is 1. The minimum atomic E-state index is -0.0406. The standard InChI is InChI=1S/C19H23ClN6/c1-19(21)6-8-26(9-7-19)11-13-10-22-17-16(13)18(24-12-23-17)25-15-4-2-14(20)3-5-15/h2-5,10,12H,6-9,11,21H2,1H3,(H2,22,23,24,25). The molecule has 4 rings (SSSR count). The molecule has 0 amide bonds. The van der Waals surface area contributed by atoms with E-state index in [1.165, 1.54) is 5.56 Å². The first-order chi connectivity index (χ1) is 12.5. The molecular formula is C19H23ClN6. The van der Waals surface area contributed by atoms with Crippen LogP contribution in [0, 0.1) is 0 Å². The minimum absolute atomic E-state index is 0.0406. The summed E-state index contributed by atoms with van der Waals surface area (Å²) in [4.78, 5) is 14.5. The van der Waals surface area contributed by atoms with Crippen molar-refractivity contribution in [2.24, 2.45) is 5.73 Å². The number of fused-ring (bicyclic) bond motifs is 1. The predicted octanol–water partition coefficient (Wildman–Crippen LogP) is 3.67. The van der Waals surface area contributed by atoms with E-state index in [2.05, 4.69) is 32.1 Å². The molecule has 7 heteroatoms. The van der Waals surface area contributed by atoms with Gasteiger partial charge in [-0.25, -0.2) is 9.97 Å². The molecule has 4 N–H and O–H groups in total. The molecule has 0 spiro atoms. The third-order valence-corrected chi connectivity index (χ3v) is 5.30. The summed E-state index contributed by atoms with van der Waals surface area (Å²) in [7, 11) is 0. The Morgan fingerprint density at radius 2 is 1.96 bits per heavy atom. The van der Waals surface area contributed by atoms with Crippen molar-refractivity contribution in [1.29, 1.82) is 0 Å². The van der Waals surface area contributed by atoms with Crippen LogP contribution >= 0.6 is 11.6 Å². The minimum Gasteiger partial charge on any atom is -0.346 e. The second-order valence-corrected chi connectivity index (χ2v) is 7.76. The molecule has 3 heterocycles. The lowest BCUT2D eigenvalue weighted by Crippen LogP contribution is -2.47. The van der Waals surface area contributed by atoms with Gasteiger partial charge < -0.3 is 16.0 Å². The number of rotatable bonds is 4. The Bertz CT molecular complexity index is 892. The molecule has 0 atom stereocenters. The summed E-state index contributed by atoms with van der Waals surface area (Å²) >= 11 is 5.97. The number of anilines is 2. The molecular weight excluding hydrogens is 348 g/mol. The van der Waals surface area contributed by atoms with E-state index >= 15 is 0 Å². The average molecular weight is 371 g/mol. The maximum absolute atomic E-state index is 6.25. The van der Waals surface area contributed by atoms with Gasteiger partial charge in [0, 0.05) is 42.1 Å². The van der Waals surface area contributed by atoms with Crippen molar-refractivity contribution in [3.63, 3.8) is 0 Å². The number of H-pyrrole nitrogens is 1. The van der Waals surface area contributed by atoms with E-state index in [1.807, 2.05) is 30.5 Å². The fourth-order valence-electron chi connectivity index (χ4n) is 3.38. The third-order valence-electron chi connectivity index (χ3n) is 5.05. The summed E-state index contributed by atoms with van der Waals surface area (Å²) < 4.78 is 0. The number of piperidine rings is 1. The summed E-state index contributed by atoms with van der Waals surface area (Å²) in [6, 6.07) is 7.60. The van der Waals surface area contributed by atoms with Crippen LogP contribution in [0.1, 0.15) is 25.3 Å². The van der Waals surface area contributed by atoms with Crippen molar-refractivity contribution < 1.29 is 0 Å². The number of hydrogen-bond acceptors (Lipinski definition) is 5. The lowest BCUT2D eigenvalue weighted by Gasteiger charge is -2.36. The molecule has 0 bridgehead atoms. The molecule has 0 aliphatic carbocycles. The van der Waals surface area contributed by atoms with E-state index in [1.54, 1.807) is 6.33 Å². The van der Waals surface area contributed by atoms with Crippen molar-refractivity contribution in [3.05, 3.63) is 47.4 Å².